The lowest BCUT2D eigenvalue weighted by Crippen LogP contribution is -2.45. The number of methoxy groups -OCH3 is 2. The molecule has 2 aromatic rings. The van der Waals surface area contributed by atoms with Crippen LogP contribution in [0.25, 0.3) is 0 Å². The number of allylic oxidation sites excluding steroid dienone is 1. The molecule has 1 atom stereocenters. The number of nitrogens with zero attached hydrogens (tertiary/aromatic N) is 3. The number of hydrogen-bond acceptors (Lipinski definition) is 10. The van der Waals surface area contributed by atoms with E-state index in [1.807, 2.05) is 32.9 Å². The Labute approximate surface area is 265 Å². The Hall–Kier alpha value is -4.50. The quantitative estimate of drug-likeness (QED) is 0.313. The zero-order valence-corrected chi connectivity index (χ0v) is 26.9. The lowest BCUT2D eigenvalue weighted by atomic mass is 9.81. The number of halogens is 1. The third-order valence-electron chi connectivity index (χ3n) is 7.32. The van der Waals surface area contributed by atoms with Gasteiger partial charge in [0.1, 0.15) is 17.1 Å². The molecule has 0 spiro atoms. The zero-order chi connectivity index (χ0) is 32.2. The van der Waals surface area contributed by atoms with Gasteiger partial charge in [-0.2, -0.15) is 5.26 Å². The molecule has 0 bridgehead atoms. The minimum absolute atomic E-state index is 0.0321. The number of nitriles is 1. The number of rotatable bonds is 6. The van der Waals surface area contributed by atoms with Crippen LogP contribution >= 0.6 is 15.9 Å². The van der Waals surface area contributed by atoms with E-state index in [-0.39, 0.29) is 34.8 Å². The monoisotopic (exact) mass is 665 g/mol. The number of piperidine rings is 1. The van der Waals surface area contributed by atoms with Crippen LogP contribution < -0.4 is 16.0 Å². The summed E-state index contributed by atoms with van der Waals surface area (Å²) >= 11 is 3.51. The predicted molar refractivity (Wildman–Crippen MR) is 168 cm³/mol. The lowest BCUT2D eigenvalue weighted by Gasteiger charge is -2.38. The summed E-state index contributed by atoms with van der Waals surface area (Å²) in [5, 5.41) is 13.9. The zero-order valence-electron chi connectivity index (χ0n) is 25.3. The molecule has 0 aromatic heterocycles. The van der Waals surface area contributed by atoms with Crippen LogP contribution in [0.1, 0.15) is 45.1 Å². The summed E-state index contributed by atoms with van der Waals surface area (Å²) in [7, 11) is 2.41. The number of amides is 1. The van der Waals surface area contributed by atoms with Gasteiger partial charge < -0.3 is 30.2 Å². The van der Waals surface area contributed by atoms with Crippen LogP contribution in [0.5, 0.6) is 0 Å². The van der Waals surface area contributed by atoms with Crippen molar-refractivity contribution in [2.24, 2.45) is 5.73 Å². The number of anilines is 2. The Balaban J connectivity index is 1.79. The minimum atomic E-state index is -0.972. The van der Waals surface area contributed by atoms with E-state index in [9.17, 15) is 19.6 Å². The third kappa shape index (κ3) is 6.83. The molecular formula is C32H36BrN5O6. The molecule has 1 amide bonds. The molecular weight excluding hydrogens is 630 g/mol. The van der Waals surface area contributed by atoms with Gasteiger partial charge in [-0.15, -0.1) is 0 Å². The fraction of sp³-hybridized carbons (Fsp3) is 0.375. The maximum atomic E-state index is 13.5. The summed E-state index contributed by atoms with van der Waals surface area (Å²) in [6.07, 6.45) is 0.908. The predicted octanol–water partition coefficient (Wildman–Crippen LogP) is 5.16. The van der Waals surface area contributed by atoms with E-state index in [2.05, 4.69) is 27.3 Å². The average molecular weight is 667 g/mol. The fourth-order valence-electron chi connectivity index (χ4n) is 5.33. The van der Waals surface area contributed by atoms with Gasteiger partial charge in [-0.1, -0.05) is 46.3 Å². The second kappa shape index (κ2) is 13.4. The van der Waals surface area contributed by atoms with E-state index in [0.29, 0.717) is 47.3 Å². The molecule has 1 saturated heterocycles. The molecule has 1 fully saturated rings. The smallest absolute Gasteiger partial charge is 0.410 e. The first-order chi connectivity index (χ1) is 20.9. The molecule has 44 heavy (non-hydrogen) atoms. The molecule has 2 aliphatic rings. The molecule has 232 valence electrons. The molecule has 0 saturated carbocycles. The SMILES string of the molecule is COC(=O)C1=C(C(=O)OC)N(c2cc(Br)ccc2NC2CCN(C(=O)OC(C)(C)C)CC2)C(N)=C(C#N)C1c1ccccc1. The van der Waals surface area contributed by atoms with Crippen molar-refractivity contribution in [1.82, 2.24) is 4.90 Å². The Morgan fingerprint density at radius 3 is 2.23 bits per heavy atom. The van der Waals surface area contributed by atoms with E-state index in [0.717, 1.165) is 0 Å². The second-order valence-electron chi connectivity index (χ2n) is 11.4. The second-order valence-corrected chi connectivity index (χ2v) is 12.3. The van der Waals surface area contributed by atoms with Crippen LogP contribution in [0.2, 0.25) is 0 Å². The number of hydrogen-bond donors (Lipinski definition) is 2. The summed E-state index contributed by atoms with van der Waals surface area (Å²) in [4.78, 5) is 42.6. The highest BCUT2D eigenvalue weighted by Crippen LogP contribution is 2.45. The first-order valence-electron chi connectivity index (χ1n) is 14.1. The fourth-order valence-corrected chi connectivity index (χ4v) is 5.68. The molecule has 11 nitrogen and oxygen atoms in total. The van der Waals surface area contributed by atoms with Gasteiger partial charge in [-0.05, 0) is 57.4 Å². The topological polar surface area (TPSA) is 147 Å². The maximum Gasteiger partial charge on any atom is 0.410 e. The van der Waals surface area contributed by atoms with Crippen LogP contribution in [-0.2, 0) is 23.8 Å². The van der Waals surface area contributed by atoms with Crippen molar-refractivity contribution < 1.29 is 28.6 Å². The maximum absolute atomic E-state index is 13.5. The van der Waals surface area contributed by atoms with Crippen molar-refractivity contribution in [3.8, 4) is 6.07 Å². The minimum Gasteiger partial charge on any atom is -0.466 e. The first-order valence-corrected chi connectivity index (χ1v) is 14.9. The van der Waals surface area contributed by atoms with Crippen molar-refractivity contribution in [3.05, 3.63) is 81.2 Å². The summed E-state index contributed by atoms with van der Waals surface area (Å²) in [6, 6.07) is 16.3. The molecule has 1 unspecified atom stereocenters. The Morgan fingerprint density at radius 2 is 1.66 bits per heavy atom. The van der Waals surface area contributed by atoms with Crippen LogP contribution in [0.3, 0.4) is 0 Å². The molecule has 0 radical (unpaired) electrons. The number of likely N-dealkylation sites (tertiary alicyclic amines) is 1. The van der Waals surface area contributed by atoms with Gasteiger partial charge in [0.2, 0.25) is 0 Å². The molecule has 2 aromatic carbocycles. The first kappa shape index (κ1) is 32.4. The van der Waals surface area contributed by atoms with Gasteiger partial charge >= 0.3 is 18.0 Å². The van der Waals surface area contributed by atoms with Gasteiger partial charge in [0.25, 0.3) is 0 Å². The number of nitrogens with two attached hydrogens (primary N) is 1. The normalized spacial score (nSPS) is 17.6. The van der Waals surface area contributed by atoms with Gasteiger partial charge in [0.15, 0.2) is 0 Å². The number of carbonyl (C=O) groups excluding carboxylic acids is 3. The molecule has 2 aliphatic heterocycles. The Bertz CT molecular complexity index is 1530. The van der Waals surface area contributed by atoms with Crippen molar-refractivity contribution in [2.75, 3.05) is 37.5 Å². The Kier molecular flexibility index (Phi) is 9.89. The number of esters is 2. The highest BCUT2D eigenvalue weighted by molar-refractivity contribution is 9.10. The van der Waals surface area contributed by atoms with Crippen molar-refractivity contribution >= 4 is 45.3 Å². The van der Waals surface area contributed by atoms with E-state index in [1.165, 1.54) is 19.1 Å². The van der Waals surface area contributed by atoms with Crippen LogP contribution in [0.15, 0.2) is 75.7 Å². The third-order valence-corrected chi connectivity index (χ3v) is 7.81. The van der Waals surface area contributed by atoms with Crippen LogP contribution in [0.4, 0.5) is 16.2 Å². The highest BCUT2D eigenvalue weighted by Gasteiger charge is 2.43. The number of ether oxygens (including phenoxy) is 3. The van der Waals surface area contributed by atoms with Crippen molar-refractivity contribution in [3.63, 3.8) is 0 Å². The van der Waals surface area contributed by atoms with Gasteiger partial charge in [-0.3, -0.25) is 4.90 Å². The van der Waals surface area contributed by atoms with E-state index >= 15 is 0 Å². The van der Waals surface area contributed by atoms with Crippen LogP contribution in [0, 0.1) is 11.3 Å². The van der Waals surface area contributed by atoms with E-state index < -0.39 is 23.5 Å². The summed E-state index contributed by atoms with van der Waals surface area (Å²) in [5.74, 6) is -2.64. The van der Waals surface area contributed by atoms with Crippen molar-refractivity contribution in [1.29, 1.82) is 5.26 Å². The number of carbonyl (C=O) groups is 3. The molecule has 0 aliphatic carbocycles. The van der Waals surface area contributed by atoms with Gasteiger partial charge in [0.05, 0.1) is 48.7 Å². The van der Waals surface area contributed by atoms with E-state index in [1.54, 1.807) is 41.3 Å². The summed E-state index contributed by atoms with van der Waals surface area (Å²) in [6.45, 7) is 6.47. The van der Waals surface area contributed by atoms with Crippen LogP contribution in [-0.4, -0.2) is 61.9 Å². The van der Waals surface area contributed by atoms with Crippen molar-refractivity contribution in [2.45, 2.75) is 51.2 Å². The largest absolute Gasteiger partial charge is 0.466 e. The lowest BCUT2D eigenvalue weighted by molar-refractivity contribution is -0.139. The van der Waals surface area contributed by atoms with Gasteiger partial charge in [0, 0.05) is 23.6 Å². The van der Waals surface area contributed by atoms with Gasteiger partial charge in [-0.25, -0.2) is 14.4 Å². The number of benzene rings is 2. The average Bonchev–Trinajstić information content (AvgIpc) is 3.00. The molecule has 3 N–H and O–H groups in total. The standard InChI is InChI=1S/C32H36BrN5O6/c1-32(2,3)44-31(41)37-15-13-21(14-16-37)36-23-12-11-20(33)17-24(23)38-27(30(40)43-5)26(29(39)42-4)25(22(18-34)28(38)35)19-9-7-6-8-10-19/h6-12,17,21,25,36H,13-16,35H2,1-5H3. The number of nitrogens with one attached hydrogen (secondary N) is 1. The molecule has 4 rings (SSSR count). The summed E-state index contributed by atoms with van der Waals surface area (Å²) < 4.78 is 16.5. The Morgan fingerprint density at radius 1 is 1.02 bits per heavy atom. The summed E-state index contributed by atoms with van der Waals surface area (Å²) in [5.41, 5.74) is 7.55. The molecule has 2 heterocycles. The molecule has 12 heteroatoms. The van der Waals surface area contributed by atoms with E-state index in [4.69, 9.17) is 19.9 Å². The highest BCUT2D eigenvalue weighted by atomic mass is 79.9.